The van der Waals surface area contributed by atoms with E-state index in [1.54, 1.807) is 47.8 Å². The van der Waals surface area contributed by atoms with E-state index >= 15 is 0 Å². The Morgan fingerprint density at radius 3 is 2.14 bits per heavy atom. The van der Waals surface area contributed by atoms with Crippen molar-refractivity contribution in [3.63, 3.8) is 0 Å². The smallest absolute Gasteiger partial charge is 0.410 e. The molecule has 0 aliphatic carbocycles. The number of ether oxygens (including phenoxy) is 1. The van der Waals surface area contributed by atoms with Gasteiger partial charge in [0.25, 0.3) is 0 Å². The highest BCUT2D eigenvalue weighted by molar-refractivity contribution is 8.00. The van der Waals surface area contributed by atoms with Gasteiger partial charge in [0.15, 0.2) is 0 Å². The number of nitrogens with zero attached hydrogens (tertiary/aromatic N) is 1. The van der Waals surface area contributed by atoms with E-state index in [0.717, 1.165) is 22.0 Å². The molecule has 29 heavy (non-hydrogen) atoms. The monoisotopic (exact) mass is 433 g/mol. The summed E-state index contributed by atoms with van der Waals surface area (Å²) in [6.07, 6.45) is 0.596. The molecule has 7 heteroatoms. The molecule has 1 aliphatic rings. The van der Waals surface area contributed by atoms with E-state index in [2.05, 4.69) is 0 Å². The zero-order valence-corrected chi connectivity index (χ0v) is 18.5. The van der Waals surface area contributed by atoms with Gasteiger partial charge in [0, 0.05) is 33.4 Å². The van der Waals surface area contributed by atoms with Crippen molar-refractivity contribution in [2.75, 3.05) is 12.3 Å². The van der Waals surface area contributed by atoms with E-state index in [1.165, 1.54) is 0 Å². The first-order chi connectivity index (χ1) is 13.7. The van der Waals surface area contributed by atoms with Crippen molar-refractivity contribution in [1.82, 2.24) is 4.90 Å². The Hall–Kier alpha value is -1.99. The van der Waals surface area contributed by atoms with Crippen LogP contribution in [-0.2, 0) is 4.74 Å². The van der Waals surface area contributed by atoms with Crippen LogP contribution in [0.25, 0.3) is 0 Å². The Bertz CT molecular complexity index is 818. The maximum Gasteiger partial charge on any atom is 0.410 e. The number of rotatable bonds is 5. The number of carbonyl (C=O) groups is 1. The van der Waals surface area contributed by atoms with Crippen molar-refractivity contribution in [3.05, 3.63) is 48.5 Å². The second kappa shape index (κ2) is 9.22. The van der Waals surface area contributed by atoms with E-state index in [0.29, 0.717) is 6.54 Å². The molecule has 0 unspecified atom stereocenters. The molecule has 2 N–H and O–H groups in total. The Labute approximate surface area is 180 Å². The molecule has 0 bridgehead atoms. The van der Waals surface area contributed by atoms with Crippen LogP contribution in [0.1, 0.15) is 27.2 Å². The standard InChI is InChI=1S/C22H27NO4S2/c1-22(2,3)27-21(26)23-13-20(29-19-10-6-17(25)7-11-19)12-15(23)14-28-18-8-4-16(24)5-9-18/h4-11,15,20,24-25H,12-14H2,1-3H3/t15-,20-/m0/s1. The van der Waals surface area contributed by atoms with Crippen LogP contribution in [0.3, 0.4) is 0 Å². The number of amides is 1. The van der Waals surface area contributed by atoms with Gasteiger partial charge in [-0.1, -0.05) is 0 Å². The first-order valence-electron chi connectivity index (χ1n) is 9.57. The second-order valence-corrected chi connectivity index (χ2v) is 10.5. The van der Waals surface area contributed by atoms with Crippen molar-refractivity contribution in [2.45, 2.75) is 53.9 Å². The summed E-state index contributed by atoms with van der Waals surface area (Å²) >= 11 is 3.40. The highest BCUT2D eigenvalue weighted by Gasteiger charge is 2.37. The minimum atomic E-state index is -0.534. The molecule has 2 aromatic carbocycles. The van der Waals surface area contributed by atoms with Crippen molar-refractivity contribution in [3.8, 4) is 11.5 Å². The van der Waals surface area contributed by atoms with Gasteiger partial charge in [-0.05, 0) is 75.7 Å². The van der Waals surface area contributed by atoms with E-state index in [1.807, 2.05) is 49.9 Å². The minimum Gasteiger partial charge on any atom is -0.508 e. The first-order valence-corrected chi connectivity index (χ1v) is 11.4. The van der Waals surface area contributed by atoms with Crippen molar-refractivity contribution < 1.29 is 19.7 Å². The predicted molar refractivity (Wildman–Crippen MR) is 118 cm³/mol. The van der Waals surface area contributed by atoms with Crippen LogP contribution in [0.2, 0.25) is 0 Å². The summed E-state index contributed by atoms with van der Waals surface area (Å²) in [5.41, 5.74) is -0.534. The molecule has 1 fully saturated rings. The van der Waals surface area contributed by atoms with Gasteiger partial charge in [-0.3, -0.25) is 0 Å². The molecule has 1 aliphatic heterocycles. The lowest BCUT2D eigenvalue weighted by Gasteiger charge is -2.28. The lowest BCUT2D eigenvalue weighted by atomic mass is 10.2. The van der Waals surface area contributed by atoms with Crippen LogP contribution in [0.15, 0.2) is 58.3 Å². The number of thioether (sulfide) groups is 2. The number of carbonyl (C=O) groups excluding carboxylic acids is 1. The molecule has 0 saturated carbocycles. The van der Waals surface area contributed by atoms with Crippen LogP contribution in [0.4, 0.5) is 4.79 Å². The molecule has 0 spiro atoms. The van der Waals surface area contributed by atoms with Crippen LogP contribution in [0, 0.1) is 0 Å². The summed E-state index contributed by atoms with van der Waals surface area (Å²) in [7, 11) is 0. The van der Waals surface area contributed by atoms with E-state index < -0.39 is 5.60 Å². The highest BCUT2D eigenvalue weighted by Crippen LogP contribution is 2.36. The fourth-order valence-corrected chi connectivity index (χ4v) is 5.37. The van der Waals surface area contributed by atoms with Crippen LogP contribution < -0.4 is 0 Å². The summed E-state index contributed by atoms with van der Waals surface area (Å²) in [5, 5.41) is 19.2. The molecular weight excluding hydrogens is 406 g/mol. The van der Waals surface area contributed by atoms with Gasteiger partial charge in [0.1, 0.15) is 17.1 Å². The normalized spacial score (nSPS) is 19.3. The lowest BCUT2D eigenvalue weighted by molar-refractivity contribution is 0.0242. The van der Waals surface area contributed by atoms with Gasteiger partial charge in [-0.2, -0.15) is 0 Å². The van der Waals surface area contributed by atoms with Gasteiger partial charge in [-0.25, -0.2) is 4.79 Å². The quantitative estimate of drug-likeness (QED) is 0.619. The predicted octanol–water partition coefficient (Wildman–Crippen LogP) is 5.36. The average molecular weight is 434 g/mol. The summed E-state index contributed by atoms with van der Waals surface area (Å²) in [6.45, 7) is 6.26. The number of phenols is 2. The van der Waals surface area contributed by atoms with E-state index in [4.69, 9.17) is 4.74 Å². The number of hydrogen-bond donors (Lipinski definition) is 2. The molecule has 2 atom stereocenters. The Kier molecular flexibility index (Phi) is 6.90. The van der Waals surface area contributed by atoms with Gasteiger partial charge in [0.2, 0.25) is 0 Å². The highest BCUT2D eigenvalue weighted by atomic mass is 32.2. The summed E-state index contributed by atoms with van der Waals surface area (Å²) in [4.78, 5) is 16.8. The van der Waals surface area contributed by atoms with Gasteiger partial charge in [0.05, 0.1) is 0 Å². The topological polar surface area (TPSA) is 70.0 Å². The molecule has 1 heterocycles. The van der Waals surface area contributed by atoms with Crippen LogP contribution in [-0.4, -0.2) is 50.4 Å². The van der Waals surface area contributed by atoms with E-state index in [-0.39, 0.29) is 28.9 Å². The van der Waals surface area contributed by atoms with Crippen LogP contribution >= 0.6 is 23.5 Å². The fraction of sp³-hybridized carbons (Fsp3) is 0.409. The lowest BCUT2D eigenvalue weighted by Crippen LogP contribution is -2.41. The van der Waals surface area contributed by atoms with Crippen molar-refractivity contribution in [1.29, 1.82) is 0 Å². The molecule has 5 nitrogen and oxygen atoms in total. The summed E-state index contributed by atoms with van der Waals surface area (Å²) in [6, 6.07) is 14.3. The zero-order chi connectivity index (χ0) is 21.0. The maximum atomic E-state index is 12.8. The maximum absolute atomic E-state index is 12.8. The number of hydrogen-bond acceptors (Lipinski definition) is 6. The number of aromatic hydroxyl groups is 2. The zero-order valence-electron chi connectivity index (χ0n) is 16.9. The third-order valence-electron chi connectivity index (χ3n) is 4.42. The van der Waals surface area contributed by atoms with Gasteiger partial charge in [-0.15, -0.1) is 23.5 Å². The molecule has 1 saturated heterocycles. The second-order valence-electron chi connectivity index (χ2n) is 8.06. The fourth-order valence-electron chi connectivity index (χ4n) is 3.11. The van der Waals surface area contributed by atoms with Crippen molar-refractivity contribution >= 4 is 29.6 Å². The van der Waals surface area contributed by atoms with Gasteiger partial charge >= 0.3 is 6.09 Å². The summed E-state index contributed by atoms with van der Waals surface area (Å²) < 4.78 is 5.64. The summed E-state index contributed by atoms with van der Waals surface area (Å²) in [5.74, 6) is 1.26. The third-order valence-corrected chi connectivity index (χ3v) is 6.80. The number of likely N-dealkylation sites (tertiary alicyclic amines) is 1. The van der Waals surface area contributed by atoms with Crippen molar-refractivity contribution in [2.24, 2.45) is 0 Å². The molecule has 156 valence electrons. The molecule has 0 radical (unpaired) electrons. The number of benzene rings is 2. The Morgan fingerprint density at radius 1 is 1.03 bits per heavy atom. The Morgan fingerprint density at radius 2 is 1.59 bits per heavy atom. The molecular formula is C22H27NO4S2. The van der Waals surface area contributed by atoms with Gasteiger partial charge < -0.3 is 19.8 Å². The minimum absolute atomic E-state index is 0.0678. The SMILES string of the molecule is CC(C)(C)OC(=O)N1C[C@@H](Sc2ccc(O)cc2)C[C@H]1CSc1ccc(O)cc1. The number of phenolic OH excluding ortho intramolecular Hbond substituents is 2. The van der Waals surface area contributed by atoms with E-state index in [9.17, 15) is 15.0 Å². The largest absolute Gasteiger partial charge is 0.508 e. The first kappa shape index (κ1) is 21.7. The molecule has 3 rings (SSSR count). The van der Waals surface area contributed by atoms with Crippen LogP contribution in [0.5, 0.6) is 11.5 Å². The molecule has 1 amide bonds. The molecule has 0 aromatic heterocycles. The third kappa shape index (κ3) is 6.51. The average Bonchev–Trinajstić information content (AvgIpc) is 3.05. The molecule has 2 aromatic rings. The Balaban J connectivity index is 1.68.